The van der Waals surface area contributed by atoms with E-state index in [0.29, 0.717) is 44.1 Å². The number of methoxy groups -OCH3 is 1. The Labute approximate surface area is 268 Å². The Hall–Kier alpha value is -4.44. The van der Waals surface area contributed by atoms with E-state index < -0.39 is 17.0 Å². The molecular weight excluding hydrogens is 594 g/mol. The molecule has 0 bridgehead atoms. The minimum Gasteiger partial charge on any atom is -0.494 e. The first kappa shape index (κ1) is 32.9. The Kier molecular flexibility index (Phi) is 9.67. The Morgan fingerprint density at radius 1 is 1.07 bits per heavy atom. The summed E-state index contributed by atoms with van der Waals surface area (Å²) < 4.78 is 22.4. The molecule has 2 aromatic heterocycles. The maximum Gasteiger partial charge on any atom is 0.272 e. The molecule has 0 radical (unpaired) electrons. The summed E-state index contributed by atoms with van der Waals surface area (Å²) in [5.41, 5.74) is 1.15. The molecule has 46 heavy (non-hydrogen) atoms. The number of β-amino-alcohol motifs (C(OH)–C–C–N with tert-alkyl or cyclic N) is 1. The van der Waals surface area contributed by atoms with Gasteiger partial charge in [0.1, 0.15) is 35.0 Å². The fourth-order valence-corrected chi connectivity index (χ4v) is 5.21. The number of nitrogens with one attached hydrogen (secondary N) is 3. The lowest BCUT2D eigenvalue weighted by Gasteiger charge is -2.34. The highest BCUT2D eigenvalue weighted by Crippen LogP contribution is 2.39. The van der Waals surface area contributed by atoms with Crippen LogP contribution in [0, 0.1) is 11.7 Å². The van der Waals surface area contributed by atoms with E-state index in [0.717, 1.165) is 12.8 Å². The molecule has 240 valence electrons. The quantitative estimate of drug-likeness (QED) is 0.176. The van der Waals surface area contributed by atoms with Crippen LogP contribution in [0.15, 0.2) is 24.3 Å². The highest BCUT2D eigenvalue weighted by molar-refractivity contribution is 6.60. The van der Waals surface area contributed by atoms with Gasteiger partial charge in [-0.2, -0.15) is 5.10 Å². The van der Waals surface area contributed by atoms with Gasteiger partial charge in [-0.1, -0.05) is 0 Å². The lowest BCUT2D eigenvalue weighted by Crippen LogP contribution is -2.50. The van der Waals surface area contributed by atoms with Crippen molar-refractivity contribution < 1.29 is 28.6 Å². The van der Waals surface area contributed by atoms with Gasteiger partial charge in [0, 0.05) is 63.4 Å². The van der Waals surface area contributed by atoms with Crippen molar-refractivity contribution in [3.8, 4) is 17.0 Å². The van der Waals surface area contributed by atoms with Crippen LogP contribution < -0.4 is 20.7 Å². The van der Waals surface area contributed by atoms with Crippen LogP contribution in [0.2, 0.25) is 0 Å². The Balaban J connectivity index is 1.47. The standard InChI is InChI=1S/C28H37B3FN9O5/c1-39-21(27(45)41-7-5-40(6-8-41)9-10-42)13-18(38-39)17-11-16(32)12-20(24(17)46-2)33-19-14-22(34-25(43)15-3-4-15)36-37-23(19)26(44)35-28(29,30)31/h11-15,42H,3-10,29-31H2,1-2H3,(H,35,44)(H2,33,34,36,43). The molecule has 14 nitrogen and oxygen atoms in total. The van der Waals surface area contributed by atoms with Crippen LogP contribution in [0.3, 0.4) is 0 Å². The molecule has 1 aromatic carbocycles. The second-order valence-electron chi connectivity index (χ2n) is 12.5. The number of anilines is 3. The van der Waals surface area contributed by atoms with Crippen LogP contribution in [0.1, 0.15) is 33.8 Å². The molecule has 3 amide bonds. The number of carbonyl (C=O) groups is 3. The molecule has 1 aliphatic carbocycles. The smallest absolute Gasteiger partial charge is 0.272 e. The SMILES string of the molecule is BC(B)(B)NC(=O)c1nnc(NC(=O)C2CC2)cc1Nc1cc(F)cc(-c2cc(C(=O)N3CCN(CCO)CC3)n(C)n2)c1OC. The van der Waals surface area contributed by atoms with Gasteiger partial charge in [0.15, 0.2) is 17.3 Å². The zero-order valence-electron chi connectivity index (χ0n) is 26.7. The predicted molar refractivity (Wildman–Crippen MR) is 177 cm³/mol. The maximum absolute atomic E-state index is 15.2. The molecule has 3 heterocycles. The normalized spacial score (nSPS) is 15.3. The van der Waals surface area contributed by atoms with E-state index in [-0.39, 0.29) is 58.5 Å². The van der Waals surface area contributed by atoms with Crippen molar-refractivity contribution >= 4 is 58.5 Å². The number of aliphatic hydroxyl groups excluding tert-OH is 1. The number of aromatic nitrogens is 4. The molecule has 5 rings (SSSR count). The van der Waals surface area contributed by atoms with Crippen molar-refractivity contribution in [2.75, 3.05) is 57.1 Å². The van der Waals surface area contributed by atoms with Gasteiger partial charge < -0.3 is 30.7 Å². The van der Waals surface area contributed by atoms with Gasteiger partial charge in [0.05, 0.1) is 30.8 Å². The van der Waals surface area contributed by atoms with E-state index in [1.165, 1.54) is 30.0 Å². The number of aryl methyl sites for hydroxylation is 1. The maximum atomic E-state index is 15.2. The number of ether oxygens (including phenoxy) is 1. The molecule has 3 aromatic rings. The number of carbonyl (C=O) groups excluding carboxylic acids is 3. The van der Waals surface area contributed by atoms with Crippen LogP contribution in [-0.2, 0) is 11.8 Å². The fraction of sp³-hybridized carbons (Fsp3) is 0.429. The number of hydrogen-bond acceptors (Lipinski definition) is 10. The minimum atomic E-state index is -0.623. The zero-order valence-corrected chi connectivity index (χ0v) is 26.7. The number of piperazine rings is 1. The monoisotopic (exact) mass is 631 g/mol. The van der Waals surface area contributed by atoms with E-state index in [9.17, 15) is 19.5 Å². The minimum absolute atomic E-state index is 0.0621. The molecule has 18 heteroatoms. The summed E-state index contributed by atoms with van der Waals surface area (Å²) in [6.07, 6.45) is 1.59. The van der Waals surface area contributed by atoms with Crippen molar-refractivity contribution in [1.82, 2.24) is 35.1 Å². The van der Waals surface area contributed by atoms with Crippen molar-refractivity contribution in [2.24, 2.45) is 13.0 Å². The average molecular weight is 631 g/mol. The molecule has 2 fully saturated rings. The molecule has 1 saturated heterocycles. The first-order valence-electron chi connectivity index (χ1n) is 15.2. The molecular formula is C28H37B3FN9O5. The van der Waals surface area contributed by atoms with Gasteiger partial charge in [-0.05, 0) is 30.2 Å². The zero-order chi connectivity index (χ0) is 33.2. The molecule has 0 spiro atoms. The number of nitrogens with zero attached hydrogens (tertiary/aromatic N) is 6. The van der Waals surface area contributed by atoms with E-state index in [4.69, 9.17) is 4.74 Å². The van der Waals surface area contributed by atoms with Crippen LogP contribution in [0.4, 0.5) is 21.6 Å². The molecule has 1 aliphatic heterocycles. The first-order valence-corrected chi connectivity index (χ1v) is 15.2. The van der Waals surface area contributed by atoms with Crippen LogP contribution in [0.5, 0.6) is 5.75 Å². The van der Waals surface area contributed by atoms with Gasteiger partial charge in [-0.15, -0.1) is 10.2 Å². The fourth-order valence-electron chi connectivity index (χ4n) is 5.21. The summed E-state index contributed by atoms with van der Waals surface area (Å²) in [7, 11) is 8.52. The summed E-state index contributed by atoms with van der Waals surface area (Å²) in [5, 5.41) is 29.9. The average Bonchev–Trinajstić information content (AvgIpc) is 3.78. The van der Waals surface area contributed by atoms with Gasteiger partial charge in [-0.3, -0.25) is 24.0 Å². The third-order valence-electron chi connectivity index (χ3n) is 7.67. The third-order valence-corrected chi connectivity index (χ3v) is 7.67. The third kappa shape index (κ3) is 7.67. The Morgan fingerprint density at radius 2 is 1.78 bits per heavy atom. The topological polar surface area (TPSA) is 167 Å². The molecule has 1 saturated carbocycles. The predicted octanol–water partition coefficient (Wildman–Crippen LogP) is -1.89. The number of hydrogen-bond donors (Lipinski definition) is 4. The summed E-state index contributed by atoms with van der Waals surface area (Å²) in [5.74, 6) is -1.29. The second-order valence-corrected chi connectivity index (χ2v) is 12.5. The highest BCUT2D eigenvalue weighted by Gasteiger charge is 2.31. The largest absolute Gasteiger partial charge is 0.494 e. The summed E-state index contributed by atoms with van der Waals surface area (Å²) in [6.45, 7) is 2.93. The van der Waals surface area contributed by atoms with Crippen LogP contribution >= 0.6 is 0 Å². The Bertz CT molecular complexity index is 1640. The van der Waals surface area contributed by atoms with E-state index >= 15 is 4.39 Å². The van der Waals surface area contributed by atoms with Gasteiger partial charge in [-0.25, -0.2) is 4.39 Å². The Morgan fingerprint density at radius 3 is 2.41 bits per heavy atom. The number of benzene rings is 1. The summed E-state index contributed by atoms with van der Waals surface area (Å²) in [4.78, 5) is 42.9. The van der Waals surface area contributed by atoms with Crippen molar-refractivity contribution in [3.63, 3.8) is 0 Å². The lowest BCUT2D eigenvalue weighted by atomic mass is 9.49. The highest BCUT2D eigenvalue weighted by atomic mass is 19.1. The van der Waals surface area contributed by atoms with E-state index in [2.05, 4.69) is 36.1 Å². The van der Waals surface area contributed by atoms with Gasteiger partial charge in [0.2, 0.25) is 5.91 Å². The molecule has 0 unspecified atom stereocenters. The molecule has 4 N–H and O–H groups in total. The summed E-state index contributed by atoms with van der Waals surface area (Å²) in [6, 6.07) is 5.52. The van der Waals surface area contributed by atoms with Gasteiger partial charge >= 0.3 is 0 Å². The van der Waals surface area contributed by atoms with Crippen LogP contribution in [0.25, 0.3) is 11.3 Å². The molecule has 2 aliphatic rings. The number of halogens is 1. The number of aliphatic hydroxyl groups is 1. The van der Waals surface area contributed by atoms with Crippen molar-refractivity contribution in [3.05, 3.63) is 41.5 Å². The molecule has 0 atom stereocenters. The van der Waals surface area contributed by atoms with E-state index in [1.54, 1.807) is 18.0 Å². The van der Waals surface area contributed by atoms with Crippen molar-refractivity contribution in [2.45, 2.75) is 18.1 Å². The summed E-state index contributed by atoms with van der Waals surface area (Å²) >= 11 is 0. The van der Waals surface area contributed by atoms with Crippen LogP contribution in [-0.4, -0.2) is 128 Å². The number of amides is 3. The van der Waals surface area contributed by atoms with Crippen molar-refractivity contribution in [1.29, 1.82) is 0 Å². The van der Waals surface area contributed by atoms with E-state index in [1.807, 2.05) is 23.5 Å². The lowest BCUT2D eigenvalue weighted by molar-refractivity contribution is -0.117. The second kappa shape index (κ2) is 13.5. The number of rotatable bonds is 11. The van der Waals surface area contributed by atoms with Gasteiger partial charge in [0.25, 0.3) is 11.8 Å². The first-order chi connectivity index (χ1) is 21.9.